The van der Waals surface area contributed by atoms with Gasteiger partial charge in [0.25, 0.3) is 0 Å². The average molecular weight is 391 g/mol. The van der Waals surface area contributed by atoms with Crippen molar-refractivity contribution in [2.45, 2.75) is 19.8 Å². The molecule has 148 valence electrons. The van der Waals surface area contributed by atoms with Crippen LogP contribution in [0.25, 0.3) is 27.5 Å². The van der Waals surface area contributed by atoms with Gasteiger partial charge in [-0.3, -0.25) is 0 Å². The van der Waals surface area contributed by atoms with Crippen LogP contribution in [0.4, 0.5) is 11.4 Å². The van der Waals surface area contributed by atoms with E-state index in [-0.39, 0.29) is 0 Å². The Morgan fingerprint density at radius 2 is 1.30 bits per heavy atom. The van der Waals surface area contributed by atoms with Crippen LogP contribution in [-0.4, -0.2) is 11.6 Å². The molecule has 5 aromatic rings. The number of fused-ring (bicyclic) bond motifs is 3. The van der Waals surface area contributed by atoms with Gasteiger partial charge in [-0.1, -0.05) is 55.8 Å². The zero-order chi connectivity index (χ0) is 20.5. The van der Waals surface area contributed by atoms with Gasteiger partial charge in [-0.2, -0.15) is 0 Å². The smallest absolute Gasteiger partial charge is 0.0542 e. The van der Waals surface area contributed by atoms with Crippen molar-refractivity contribution < 1.29 is 0 Å². The highest BCUT2D eigenvalue weighted by Crippen LogP contribution is 2.36. The largest absolute Gasteiger partial charge is 0.345 e. The molecule has 0 unspecified atom stereocenters. The summed E-state index contributed by atoms with van der Waals surface area (Å²) in [6, 6.07) is 34.9. The number of nitrogens with zero attached hydrogens (tertiary/aromatic N) is 2. The monoisotopic (exact) mass is 390 g/mol. The molecule has 0 aliphatic rings. The molecule has 5 rings (SSSR count). The number of anilines is 2. The van der Waals surface area contributed by atoms with Gasteiger partial charge in [0, 0.05) is 34.9 Å². The molecule has 0 saturated heterocycles. The molecule has 30 heavy (non-hydrogen) atoms. The van der Waals surface area contributed by atoms with Crippen LogP contribution < -0.4 is 4.90 Å². The fraction of sp³-hybridized carbons (Fsp3) is 0.143. The molecule has 4 aromatic carbocycles. The maximum Gasteiger partial charge on any atom is 0.0542 e. The highest BCUT2D eigenvalue weighted by Gasteiger charge is 2.14. The van der Waals surface area contributed by atoms with Crippen molar-refractivity contribution in [2.24, 2.45) is 0 Å². The van der Waals surface area contributed by atoms with Crippen LogP contribution in [0.3, 0.4) is 0 Å². The van der Waals surface area contributed by atoms with E-state index >= 15 is 0 Å². The van der Waals surface area contributed by atoms with E-state index in [1.54, 1.807) is 0 Å². The third-order valence-electron chi connectivity index (χ3n) is 5.90. The third-order valence-corrected chi connectivity index (χ3v) is 5.90. The lowest BCUT2D eigenvalue weighted by Crippen LogP contribution is -2.08. The first-order chi connectivity index (χ1) is 14.8. The summed E-state index contributed by atoms with van der Waals surface area (Å²) >= 11 is 0. The molecule has 2 nitrogen and oxygen atoms in total. The molecule has 1 aromatic heterocycles. The maximum atomic E-state index is 2.38. The molecule has 0 saturated carbocycles. The Kier molecular flexibility index (Phi) is 4.76. The molecule has 0 spiro atoms. The second-order valence-electron chi connectivity index (χ2n) is 7.87. The van der Waals surface area contributed by atoms with Gasteiger partial charge in [0.2, 0.25) is 0 Å². The Balaban J connectivity index is 1.76. The number of para-hydroxylation sites is 2. The fourth-order valence-corrected chi connectivity index (χ4v) is 4.37. The summed E-state index contributed by atoms with van der Waals surface area (Å²) in [6.07, 6.45) is 2.27. The van der Waals surface area contributed by atoms with E-state index in [9.17, 15) is 0 Å². The minimum atomic E-state index is 1.11. The second kappa shape index (κ2) is 7.72. The predicted octanol–water partition coefficient (Wildman–Crippen LogP) is 7.50. The topological polar surface area (TPSA) is 8.17 Å². The normalized spacial score (nSPS) is 11.3. The van der Waals surface area contributed by atoms with E-state index in [0.29, 0.717) is 0 Å². The lowest BCUT2D eigenvalue weighted by molar-refractivity contribution is 0.923. The minimum absolute atomic E-state index is 1.11. The van der Waals surface area contributed by atoms with Gasteiger partial charge in [-0.25, -0.2) is 0 Å². The maximum absolute atomic E-state index is 2.38. The van der Waals surface area contributed by atoms with E-state index < -0.39 is 0 Å². The van der Waals surface area contributed by atoms with Gasteiger partial charge in [-0.05, 0) is 66.6 Å². The summed E-state index contributed by atoms with van der Waals surface area (Å²) in [5.74, 6) is 0. The summed E-state index contributed by atoms with van der Waals surface area (Å²) in [4.78, 5) is 2.25. The lowest BCUT2D eigenvalue weighted by Gasteiger charge is -2.19. The van der Waals surface area contributed by atoms with Gasteiger partial charge >= 0.3 is 0 Å². The van der Waals surface area contributed by atoms with Crippen molar-refractivity contribution in [1.29, 1.82) is 0 Å². The van der Waals surface area contributed by atoms with Crippen LogP contribution in [0.15, 0.2) is 97.1 Å². The quantitative estimate of drug-likeness (QED) is 0.301. The molecule has 2 heteroatoms. The highest BCUT2D eigenvalue weighted by atomic mass is 15.1. The Morgan fingerprint density at radius 1 is 0.667 bits per heavy atom. The Morgan fingerprint density at radius 3 is 2.00 bits per heavy atom. The molecule has 0 radical (unpaired) electrons. The zero-order valence-corrected chi connectivity index (χ0v) is 17.5. The molecule has 0 N–H and O–H groups in total. The van der Waals surface area contributed by atoms with Crippen molar-refractivity contribution in [3.05, 3.63) is 103 Å². The zero-order valence-electron chi connectivity index (χ0n) is 17.5. The number of aromatic nitrogens is 1. The summed E-state index contributed by atoms with van der Waals surface area (Å²) in [6.45, 7) is 2.24. The molecule has 0 bridgehead atoms. The SMILES string of the molecule is CCCc1ccc2c(c1)c1cc(N(C)c3ccccc3)ccc1n2-c1ccccc1. The summed E-state index contributed by atoms with van der Waals surface area (Å²) in [5, 5.41) is 2.62. The molecule has 0 aliphatic carbocycles. The van der Waals surface area contributed by atoms with E-state index in [4.69, 9.17) is 0 Å². The molecule has 0 atom stereocenters. The number of benzene rings is 4. The van der Waals surface area contributed by atoms with Crippen LogP contribution in [0.5, 0.6) is 0 Å². The van der Waals surface area contributed by atoms with Crippen LogP contribution in [0.1, 0.15) is 18.9 Å². The Labute approximate surface area is 178 Å². The van der Waals surface area contributed by atoms with Crippen molar-refractivity contribution >= 4 is 33.2 Å². The molecule has 1 heterocycles. The van der Waals surface area contributed by atoms with Crippen molar-refractivity contribution in [1.82, 2.24) is 4.57 Å². The lowest BCUT2D eigenvalue weighted by atomic mass is 10.1. The number of rotatable bonds is 5. The number of aryl methyl sites for hydroxylation is 1. The summed E-state index contributed by atoms with van der Waals surface area (Å²) in [7, 11) is 2.13. The van der Waals surface area contributed by atoms with Crippen LogP contribution in [0.2, 0.25) is 0 Å². The van der Waals surface area contributed by atoms with E-state index in [2.05, 4.69) is 121 Å². The van der Waals surface area contributed by atoms with Crippen molar-refractivity contribution in [3.63, 3.8) is 0 Å². The predicted molar refractivity (Wildman–Crippen MR) is 129 cm³/mol. The standard InChI is InChI=1S/C28H26N2/c1-3-10-21-15-17-27-25(19-21)26-20-24(29(2)22-11-6-4-7-12-22)16-18-28(26)30(27)23-13-8-5-9-14-23/h4-9,11-20H,3,10H2,1-2H3. The molecular formula is C28H26N2. The minimum Gasteiger partial charge on any atom is -0.345 e. The van der Waals surface area contributed by atoms with Gasteiger partial charge in [-0.15, -0.1) is 0 Å². The van der Waals surface area contributed by atoms with Gasteiger partial charge in [0.05, 0.1) is 11.0 Å². The first kappa shape index (κ1) is 18.5. The van der Waals surface area contributed by atoms with Gasteiger partial charge in [0.15, 0.2) is 0 Å². The van der Waals surface area contributed by atoms with E-state index in [1.807, 2.05) is 0 Å². The Bertz CT molecular complexity index is 1300. The first-order valence-corrected chi connectivity index (χ1v) is 10.7. The molecule has 0 fully saturated rings. The Hall–Kier alpha value is -3.52. The van der Waals surface area contributed by atoms with E-state index in [1.165, 1.54) is 44.4 Å². The second-order valence-corrected chi connectivity index (χ2v) is 7.87. The van der Waals surface area contributed by atoms with Crippen LogP contribution in [-0.2, 0) is 6.42 Å². The first-order valence-electron chi connectivity index (χ1n) is 10.7. The molecule has 0 amide bonds. The van der Waals surface area contributed by atoms with Crippen LogP contribution in [0, 0.1) is 0 Å². The van der Waals surface area contributed by atoms with E-state index in [0.717, 1.165) is 12.8 Å². The van der Waals surface area contributed by atoms with Gasteiger partial charge in [0.1, 0.15) is 0 Å². The molecule has 0 aliphatic heterocycles. The molecular weight excluding hydrogens is 364 g/mol. The average Bonchev–Trinajstić information content (AvgIpc) is 3.13. The van der Waals surface area contributed by atoms with Gasteiger partial charge < -0.3 is 9.47 Å². The third kappa shape index (κ3) is 3.15. The summed E-state index contributed by atoms with van der Waals surface area (Å²) < 4.78 is 2.38. The van der Waals surface area contributed by atoms with Crippen LogP contribution >= 0.6 is 0 Å². The van der Waals surface area contributed by atoms with Crippen molar-refractivity contribution in [3.8, 4) is 5.69 Å². The number of hydrogen-bond donors (Lipinski definition) is 0. The van der Waals surface area contributed by atoms with Crippen molar-refractivity contribution in [2.75, 3.05) is 11.9 Å². The summed E-state index contributed by atoms with van der Waals surface area (Å²) in [5.41, 5.74) is 7.49. The number of hydrogen-bond acceptors (Lipinski definition) is 1. The fourth-order valence-electron chi connectivity index (χ4n) is 4.37. The highest BCUT2D eigenvalue weighted by molar-refractivity contribution is 6.10.